The first-order valence-corrected chi connectivity index (χ1v) is 5.99. The zero-order valence-electron chi connectivity index (χ0n) is 10.2. The molecule has 1 aliphatic rings. The molecule has 0 aromatic heterocycles. The first-order chi connectivity index (χ1) is 8.22. The highest BCUT2D eigenvalue weighted by molar-refractivity contribution is 5.37. The lowest BCUT2D eigenvalue weighted by Gasteiger charge is -2.17. The zero-order chi connectivity index (χ0) is 12.3. The van der Waals surface area contributed by atoms with Gasteiger partial charge in [-0.05, 0) is 24.1 Å². The van der Waals surface area contributed by atoms with Crippen LogP contribution < -0.4 is 10.5 Å². The van der Waals surface area contributed by atoms with Crippen molar-refractivity contribution in [2.24, 2.45) is 5.73 Å². The fraction of sp³-hybridized carbons (Fsp3) is 0.538. The second-order valence-corrected chi connectivity index (χ2v) is 4.53. The molecule has 3 N–H and O–H groups in total. The molecule has 0 aliphatic carbocycles. The summed E-state index contributed by atoms with van der Waals surface area (Å²) in [5, 5.41) is 9.51. The molecule has 1 saturated heterocycles. The van der Waals surface area contributed by atoms with E-state index in [1.54, 1.807) is 7.11 Å². The molecule has 94 valence electrons. The lowest BCUT2D eigenvalue weighted by molar-refractivity contribution is 0.174. The van der Waals surface area contributed by atoms with Gasteiger partial charge in [0.25, 0.3) is 0 Å². The molecule has 1 atom stereocenters. The van der Waals surface area contributed by atoms with Gasteiger partial charge in [-0.15, -0.1) is 0 Å². The Morgan fingerprint density at radius 1 is 1.53 bits per heavy atom. The molecule has 1 heterocycles. The van der Waals surface area contributed by atoms with E-state index >= 15 is 0 Å². The molecule has 2 rings (SSSR count). The lowest BCUT2D eigenvalue weighted by Crippen LogP contribution is -2.22. The molecule has 0 amide bonds. The average Bonchev–Trinajstić information content (AvgIpc) is 2.74. The second kappa shape index (κ2) is 5.49. The summed E-state index contributed by atoms with van der Waals surface area (Å²) in [7, 11) is 1.68. The fourth-order valence-corrected chi connectivity index (χ4v) is 2.28. The Bertz CT molecular complexity index is 382. The van der Waals surface area contributed by atoms with E-state index in [1.165, 1.54) is 0 Å². The number of methoxy groups -OCH3 is 1. The molecule has 1 aromatic rings. The first-order valence-electron chi connectivity index (χ1n) is 5.99. The third-order valence-electron chi connectivity index (χ3n) is 3.22. The maximum atomic E-state index is 9.51. The SMILES string of the molecule is COc1ccc(CN)cc1CN1CCC(O)C1. The highest BCUT2D eigenvalue weighted by atomic mass is 16.5. The van der Waals surface area contributed by atoms with Crippen LogP contribution in [0.2, 0.25) is 0 Å². The van der Waals surface area contributed by atoms with Gasteiger partial charge in [-0.25, -0.2) is 0 Å². The van der Waals surface area contributed by atoms with Crippen LogP contribution in [0.1, 0.15) is 17.5 Å². The summed E-state index contributed by atoms with van der Waals surface area (Å²) < 4.78 is 5.35. The number of nitrogens with two attached hydrogens (primary N) is 1. The summed E-state index contributed by atoms with van der Waals surface area (Å²) in [6.07, 6.45) is 0.678. The number of aliphatic hydroxyl groups excluding tert-OH is 1. The van der Waals surface area contributed by atoms with Crippen LogP contribution in [0, 0.1) is 0 Å². The van der Waals surface area contributed by atoms with Crippen LogP contribution in [-0.2, 0) is 13.1 Å². The van der Waals surface area contributed by atoms with E-state index in [0.29, 0.717) is 6.54 Å². The number of hydrogen-bond acceptors (Lipinski definition) is 4. The molecule has 17 heavy (non-hydrogen) atoms. The Morgan fingerprint density at radius 2 is 2.35 bits per heavy atom. The third-order valence-corrected chi connectivity index (χ3v) is 3.22. The standard InChI is InChI=1S/C13H20N2O2/c1-17-13-3-2-10(7-14)6-11(13)8-15-5-4-12(16)9-15/h2-3,6,12,16H,4-5,7-9,14H2,1H3. The fourth-order valence-electron chi connectivity index (χ4n) is 2.28. The van der Waals surface area contributed by atoms with Crippen molar-refractivity contribution in [3.63, 3.8) is 0 Å². The summed E-state index contributed by atoms with van der Waals surface area (Å²) in [5.41, 5.74) is 7.90. The van der Waals surface area contributed by atoms with Gasteiger partial charge in [0.2, 0.25) is 0 Å². The molecule has 0 bridgehead atoms. The topological polar surface area (TPSA) is 58.7 Å². The van der Waals surface area contributed by atoms with E-state index < -0.39 is 0 Å². The van der Waals surface area contributed by atoms with Gasteiger partial charge in [-0.3, -0.25) is 4.90 Å². The van der Waals surface area contributed by atoms with E-state index in [4.69, 9.17) is 10.5 Å². The van der Waals surface area contributed by atoms with Crippen LogP contribution in [-0.4, -0.2) is 36.3 Å². The van der Waals surface area contributed by atoms with Crippen molar-refractivity contribution < 1.29 is 9.84 Å². The molecular formula is C13H20N2O2. The molecule has 1 aliphatic heterocycles. The Hall–Kier alpha value is -1.10. The molecule has 0 spiro atoms. The van der Waals surface area contributed by atoms with Crippen LogP contribution >= 0.6 is 0 Å². The van der Waals surface area contributed by atoms with Gasteiger partial charge in [0.05, 0.1) is 13.2 Å². The first kappa shape index (κ1) is 12.4. The minimum Gasteiger partial charge on any atom is -0.496 e. The van der Waals surface area contributed by atoms with Crippen molar-refractivity contribution >= 4 is 0 Å². The van der Waals surface area contributed by atoms with Crippen molar-refractivity contribution in [3.8, 4) is 5.75 Å². The third kappa shape index (κ3) is 2.97. The van der Waals surface area contributed by atoms with Crippen molar-refractivity contribution in [1.29, 1.82) is 0 Å². The quantitative estimate of drug-likeness (QED) is 0.809. The van der Waals surface area contributed by atoms with Crippen molar-refractivity contribution in [1.82, 2.24) is 4.90 Å². The molecular weight excluding hydrogens is 216 g/mol. The summed E-state index contributed by atoms with van der Waals surface area (Å²) >= 11 is 0. The molecule has 4 nitrogen and oxygen atoms in total. The van der Waals surface area contributed by atoms with Gasteiger partial charge in [0, 0.05) is 31.7 Å². The van der Waals surface area contributed by atoms with Gasteiger partial charge in [0.15, 0.2) is 0 Å². The molecule has 0 saturated carbocycles. The summed E-state index contributed by atoms with van der Waals surface area (Å²) in [4.78, 5) is 2.24. The van der Waals surface area contributed by atoms with Crippen LogP contribution in [0.4, 0.5) is 0 Å². The number of aliphatic hydroxyl groups is 1. The van der Waals surface area contributed by atoms with Crippen LogP contribution in [0.3, 0.4) is 0 Å². The number of ether oxygens (including phenoxy) is 1. The van der Waals surface area contributed by atoms with Gasteiger partial charge < -0.3 is 15.6 Å². The summed E-state index contributed by atoms with van der Waals surface area (Å²) in [5.74, 6) is 0.892. The number of β-amino-alcohol motifs (C(OH)–C–C–N with tert-alkyl or cyclic N) is 1. The maximum absolute atomic E-state index is 9.51. The predicted molar refractivity (Wildman–Crippen MR) is 66.8 cm³/mol. The highest BCUT2D eigenvalue weighted by Crippen LogP contribution is 2.23. The number of nitrogens with zero attached hydrogens (tertiary/aromatic N) is 1. The largest absolute Gasteiger partial charge is 0.496 e. The van der Waals surface area contributed by atoms with Crippen molar-refractivity contribution in [2.75, 3.05) is 20.2 Å². The van der Waals surface area contributed by atoms with E-state index in [0.717, 1.165) is 42.9 Å². The number of benzene rings is 1. The minimum atomic E-state index is -0.182. The Morgan fingerprint density at radius 3 is 2.94 bits per heavy atom. The molecule has 1 fully saturated rings. The number of hydrogen-bond donors (Lipinski definition) is 2. The second-order valence-electron chi connectivity index (χ2n) is 4.53. The maximum Gasteiger partial charge on any atom is 0.123 e. The van der Waals surface area contributed by atoms with E-state index in [2.05, 4.69) is 11.0 Å². The van der Waals surface area contributed by atoms with E-state index in [1.807, 2.05) is 12.1 Å². The smallest absolute Gasteiger partial charge is 0.123 e. The summed E-state index contributed by atoms with van der Waals surface area (Å²) in [6, 6.07) is 6.04. The molecule has 1 aromatic carbocycles. The average molecular weight is 236 g/mol. The number of rotatable bonds is 4. The van der Waals surface area contributed by atoms with Crippen LogP contribution in [0.5, 0.6) is 5.75 Å². The monoisotopic (exact) mass is 236 g/mol. The predicted octanol–water partition coefficient (Wildman–Crippen LogP) is 0.720. The number of likely N-dealkylation sites (tertiary alicyclic amines) is 1. The lowest BCUT2D eigenvalue weighted by atomic mass is 10.1. The Kier molecular flexibility index (Phi) is 3.99. The normalized spacial score (nSPS) is 20.8. The Labute approximate surface area is 102 Å². The molecule has 0 radical (unpaired) electrons. The van der Waals surface area contributed by atoms with Crippen LogP contribution in [0.25, 0.3) is 0 Å². The highest BCUT2D eigenvalue weighted by Gasteiger charge is 2.21. The van der Waals surface area contributed by atoms with Crippen molar-refractivity contribution in [2.45, 2.75) is 25.6 Å². The van der Waals surface area contributed by atoms with Crippen LogP contribution in [0.15, 0.2) is 18.2 Å². The van der Waals surface area contributed by atoms with Gasteiger partial charge in [0.1, 0.15) is 5.75 Å². The van der Waals surface area contributed by atoms with Crippen molar-refractivity contribution in [3.05, 3.63) is 29.3 Å². The van der Waals surface area contributed by atoms with E-state index in [9.17, 15) is 5.11 Å². The van der Waals surface area contributed by atoms with Gasteiger partial charge >= 0.3 is 0 Å². The molecule has 4 heteroatoms. The minimum absolute atomic E-state index is 0.182. The van der Waals surface area contributed by atoms with Gasteiger partial charge in [-0.2, -0.15) is 0 Å². The molecule has 1 unspecified atom stereocenters. The summed E-state index contributed by atoms with van der Waals surface area (Å²) in [6.45, 7) is 3.04. The van der Waals surface area contributed by atoms with Gasteiger partial charge in [-0.1, -0.05) is 6.07 Å². The zero-order valence-corrected chi connectivity index (χ0v) is 10.2. The van der Waals surface area contributed by atoms with E-state index in [-0.39, 0.29) is 6.10 Å². The Balaban J connectivity index is 2.12.